The summed E-state index contributed by atoms with van der Waals surface area (Å²) < 4.78 is 23.1. The summed E-state index contributed by atoms with van der Waals surface area (Å²) in [5.41, 5.74) is 1.60. The molecule has 0 aliphatic carbocycles. The molecule has 2 aromatic carbocycles. The number of carbonyl (C=O) groups excluding carboxylic acids is 1. The minimum atomic E-state index is -0.821. The lowest BCUT2D eigenvalue weighted by Gasteiger charge is -2.30. The summed E-state index contributed by atoms with van der Waals surface area (Å²) in [6, 6.07) is 19.9. The molecule has 0 radical (unpaired) electrons. The van der Waals surface area contributed by atoms with Crippen LogP contribution in [0.5, 0.6) is 0 Å². The van der Waals surface area contributed by atoms with E-state index in [0.29, 0.717) is 13.2 Å². The molecule has 0 amide bonds. The molecule has 6 heteroatoms. The number of esters is 1. The monoisotopic (exact) mass is 526 g/mol. The number of cyclic esters (lactones) is 1. The third-order valence-electron chi connectivity index (χ3n) is 8.73. The molecule has 6 nitrogen and oxygen atoms in total. The molecule has 4 rings (SSSR count). The van der Waals surface area contributed by atoms with Crippen LogP contribution in [0.4, 0.5) is 0 Å². The molecule has 2 fully saturated rings. The van der Waals surface area contributed by atoms with E-state index in [0.717, 1.165) is 36.8 Å². The number of aliphatic hydroxyl groups excluding tert-OH is 1. The first kappa shape index (κ1) is 30.3. The molecule has 1 unspecified atom stereocenters. The molecule has 210 valence electrons. The van der Waals surface area contributed by atoms with Crippen molar-refractivity contribution in [2.24, 2.45) is 11.8 Å². The Hall–Kier alpha value is -2.25. The lowest BCUT2D eigenvalue weighted by atomic mass is 9.83. The van der Waals surface area contributed by atoms with Crippen LogP contribution in [0.15, 0.2) is 60.7 Å². The maximum atomic E-state index is 12.0. The second-order valence-electron chi connectivity index (χ2n) is 10.5. The first-order valence-corrected chi connectivity index (χ1v) is 14.2. The van der Waals surface area contributed by atoms with Gasteiger partial charge >= 0.3 is 5.97 Å². The fourth-order valence-corrected chi connectivity index (χ4v) is 5.86. The maximum absolute atomic E-state index is 12.0. The highest BCUT2D eigenvalue weighted by Gasteiger charge is 2.52. The summed E-state index contributed by atoms with van der Waals surface area (Å²) in [6.45, 7) is 13.5. The fourth-order valence-electron chi connectivity index (χ4n) is 5.86. The Kier molecular flexibility index (Phi) is 10.9. The molecule has 2 aliphatic heterocycles. The van der Waals surface area contributed by atoms with E-state index in [1.54, 1.807) is 0 Å². The van der Waals surface area contributed by atoms with Gasteiger partial charge in [0.1, 0.15) is 11.7 Å². The summed E-state index contributed by atoms with van der Waals surface area (Å²) in [5, 5.41) is 10.1. The van der Waals surface area contributed by atoms with Crippen molar-refractivity contribution in [1.82, 2.24) is 0 Å². The molecule has 0 spiro atoms. The molecule has 2 aromatic rings. The van der Waals surface area contributed by atoms with Crippen molar-refractivity contribution in [3.63, 3.8) is 0 Å². The largest absolute Gasteiger partial charge is 0.457 e. The Balaban J connectivity index is 0.000000211. The number of hydrogen-bond donors (Lipinski definition) is 1. The second-order valence-corrected chi connectivity index (χ2v) is 10.5. The zero-order valence-electron chi connectivity index (χ0n) is 23.9. The molecule has 0 saturated carbocycles. The fraction of sp³-hybridized carbons (Fsp3) is 0.594. The number of aliphatic hydroxyl groups is 1. The quantitative estimate of drug-likeness (QED) is 0.359. The molecular weight excluding hydrogens is 480 g/mol. The van der Waals surface area contributed by atoms with Crippen molar-refractivity contribution >= 4 is 5.97 Å². The van der Waals surface area contributed by atoms with E-state index in [9.17, 15) is 9.90 Å². The van der Waals surface area contributed by atoms with E-state index >= 15 is 0 Å². The van der Waals surface area contributed by atoms with Crippen LogP contribution >= 0.6 is 0 Å². The van der Waals surface area contributed by atoms with Gasteiger partial charge in [-0.3, -0.25) is 0 Å². The lowest BCUT2D eigenvalue weighted by Crippen LogP contribution is -2.36. The summed E-state index contributed by atoms with van der Waals surface area (Å²) >= 11 is 0. The molecular formula is C32H46O6. The van der Waals surface area contributed by atoms with Gasteiger partial charge < -0.3 is 24.1 Å². The third-order valence-corrected chi connectivity index (χ3v) is 8.73. The average molecular weight is 527 g/mol. The summed E-state index contributed by atoms with van der Waals surface area (Å²) in [6.07, 6.45) is 1.95. The van der Waals surface area contributed by atoms with Gasteiger partial charge in [0.25, 0.3) is 0 Å². The number of rotatable bonds is 10. The Labute approximate surface area is 228 Å². The Morgan fingerprint density at radius 2 is 1.21 bits per heavy atom. The van der Waals surface area contributed by atoms with Crippen LogP contribution < -0.4 is 0 Å². The highest BCUT2D eigenvalue weighted by molar-refractivity contribution is 5.78. The van der Waals surface area contributed by atoms with Crippen LogP contribution in [-0.4, -0.2) is 40.8 Å². The predicted molar refractivity (Wildman–Crippen MR) is 148 cm³/mol. The average Bonchev–Trinajstić information content (AvgIpc) is 3.35. The van der Waals surface area contributed by atoms with Crippen molar-refractivity contribution in [3.8, 4) is 0 Å². The molecule has 5 atom stereocenters. The predicted octanol–water partition coefficient (Wildman–Crippen LogP) is 6.44. The van der Waals surface area contributed by atoms with E-state index in [1.165, 1.54) is 0 Å². The van der Waals surface area contributed by atoms with Crippen LogP contribution in [0.25, 0.3) is 0 Å². The standard InChI is InChI=1S/C16H24O3.C16H22O3/c2*1-4-16(5-2)12(3)14(15(17)19-16)18-11-13-9-7-6-8-10-13/h6-10,12,14-15,17H,4-5,11H2,1-3H3;6-10,12,14H,4-5,11H2,1-3H3/t12-,14+,15?;12-,14+/m00/s1. The molecule has 2 heterocycles. The van der Waals surface area contributed by atoms with Crippen LogP contribution in [0, 0.1) is 11.8 Å². The molecule has 0 bridgehead atoms. The van der Waals surface area contributed by atoms with Crippen LogP contribution in [-0.2, 0) is 37.0 Å². The Morgan fingerprint density at radius 3 is 1.63 bits per heavy atom. The molecule has 0 aromatic heterocycles. The minimum Gasteiger partial charge on any atom is -0.457 e. The Morgan fingerprint density at radius 1 is 0.737 bits per heavy atom. The lowest BCUT2D eigenvalue weighted by molar-refractivity contribution is -0.171. The molecule has 2 saturated heterocycles. The summed E-state index contributed by atoms with van der Waals surface area (Å²) in [5.74, 6) is 0.0760. The SMILES string of the molecule is CCC1(CC)OC(=O)[C@H](OCc2ccccc2)[C@@H]1C.CCC1(CC)OC(O)[C@H](OCc2ccccc2)[C@@H]1C. The smallest absolute Gasteiger partial charge is 0.336 e. The molecule has 2 aliphatic rings. The van der Waals surface area contributed by atoms with Gasteiger partial charge in [0.2, 0.25) is 0 Å². The van der Waals surface area contributed by atoms with Crippen LogP contribution in [0.1, 0.15) is 78.4 Å². The van der Waals surface area contributed by atoms with Crippen molar-refractivity contribution in [1.29, 1.82) is 0 Å². The second kappa shape index (κ2) is 13.7. The van der Waals surface area contributed by atoms with Crippen molar-refractivity contribution in [2.75, 3.05) is 0 Å². The van der Waals surface area contributed by atoms with Gasteiger partial charge in [0.15, 0.2) is 12.4 Å². The van der Waals surface area contributed by atoms with Gasteiger partial charge in [-0.1, -0.05) is 102 Å². The summed E-state index contributed by atoms with van der Waals surface area (Å²) in [4.78, 5) is 12.0. The van der Waals surface area contributed by atoms with Gasteiger partial charge in [-0.2, -0.15) is 0 Å². The van der Waals surface area contributed by atoms with Gasteiger partial charge in [-0.15, -0.1) is 0 Å². The maximum Gasteiger partial charge on any atom is 0.336 e. The van der Waals surface area contributed by atoms with Gasteiger partial charge in [-0.25, -0.2) is 4.79 Å². The van der Waals surface area contributed by atoms with Gasteiger partial charge in [-0.05, 0) is 36.8 Å². The first-order valence-electron chi connectivity index (χ1n) is 14.2. The minimum absolute atomic E-state index is 0.0960. The number of carbonyl (C=O) groups is 1. The third kappa shape index (κ3) is 6.66. The highest BCUT2D eigenvalue weighted by atomic mass is 16.7. The van der Waals surface area contributed by atoms with E-state index < -0.39 is 12.4 Å². The highest BCUT2D eigenvalue weighted by Crippen LogP contribution is 2.42. The summed E-state index contributed by atoms with van der Waals surface area (Å²) in [7, 11) is 0. The normalized spacial score (nSPS) is 27.4. The topological polar surface area (TPSA) is 74.2 Å². The van der Waals surface area contributed by atoms with E-state index in [-0.39, 0.29) is 35.1 Å². The van der Waals surface area contributed by atoms with Crippen LogP contribution in [0.3, 0.4) is 0 Å². The number of hydrogen-bond acceptors (Lipinski definition) is 6. The van der Waals surface area contributed by atoms with Crippen molar-refractivity contribution in [3.05, 3.63) is 71.8 Å². The van der Waals surface area contributed by atoms with Crippen molar-refractivity contribution < 1.29 is 28.8 Å². The number of benzene rings is 2. The zero-order chi connectivity index (χ0) is 27.8. The molecule has 1 N–H and O–H groups in total. The van der Waals surface area contributed by atoms with E-state index in [2.05, 4.69) is 34.6 Å². The van der Waals surface area contributed by atoms with Gasteiger partial charge in [0.05, 0.1) is 18.8 Å². The van der Waals surface area contributed by atoms with Crippen molar-refractivity contribution in [2.45, 2.75) is 110 Å². The van der Waals surface area contributed by atoms with E-state index in [4.69, 9.17) is 18.9 Å². The van der Waals surface area contributed by atoms with Gasteiger partial charge in [0, 0.05) is 11.8 Å². The number of ether oxygens (including phenoxy) is 4. The van der Waals surface area contributed by atoms with E-state index in [1.807, 2.05) is 67.6 Å². The van der Waals surface area contributed by atoms with Crippen LogP contribution in [0.2, 0.25) is 0 Å². The zero-order valence-corrected chi connectivity index (χ0v) is 23.9. The molecule has 38 heavy (non-hydrogen) atoms. The Bertz CT molecular complexity index is 970. The first-order chi connectivity index (χ1) is 18.3.